The van der Waals surface area contributed by atoms with Gasteiger partial charge in [-0.25, -0.2) is 4.79 Å². The van der Waals surface area contributed by atoms with Gasteiger partial charge < -0.3 is 4.52 Å². The average molecular weight is 285 g/mol. The number of nitrogens with zero attached hydrogens (tertiary/aromatic N) is 4. The molecule has 7 heteroatoms. The molecule has 16 heavy (non-hydrogen) atoms. The molecule has 2 rings (SSSR count). The number of aromatic nitrogens is 4. The molecule has 0 aliphatic heterocycles. The minimum atomic E-state index is -0.317. The van der Waals surface area contributed by atoms with Gasteiger partial charge in [0.05, 0.1) is 16.7 Å². The highest BCUT2D eigenvalue weighted by atomic mass is 79.9. The highest BCUT2D eigenvalue weighted by molar-refractivity contribution is 9.10. The van der Waals surface area contributed by atoms with Gasteiger partial charge in [-0.05, 0) is 29.8 Å². The summed E-state index contributed by atoms with van der Waals surface area (Å²) in [7, 11) is 0. The number of hydrogen-bond acceptors (Lipinski definition) is 5. The zero-order chi connectivity index (χ0) is 11.7. The van der Waals surface area contributed by atoms with Gasteiger partial charge in [-0.15, -0.1) is 0 Å². The standard InChI is InChI=1S/C9H9BrN4O2/c1-5-8(10)6(2)14(9(15)12-5)3-7-11-4-16-13-7/h4H,3H2,1-2H3. The molecule has 2 aromatic rings. The lowest BCUT2D eigenvalue weighted by molar-refractivity contribution is 0.407. The second-order valence-corrected chi connectivity index (χ2v) is 4.11. The summed E-state index contributed by atoms with van der Waals surface area (Å²) >= 11 is 3.38. The number of rotatable bonds is 2. The lowest BCUT2D eigenvalue weighted by Gasteiger charge is -2.09. The molecule has 0 saturated heterocycles. The zero-order valence-electron chi connectivity index (χ0n) is 8.77. The van der Waals surface area contributed by atoms with Crippen molar-refractivity contribution in [2.75, 3.05) is 0 Å². The van der Waals surface area contributed by atoms with Crippen LogP contribution in [0.2, 0.25) is 0 Å². The summed E-state index contributed by atoms with van der Waals surface area (Å²) in [5.74, 6) is 0.447. The minimum Gasteiger partial charge on any atom is -0.343 e. The first kappa shape index (κ1) is 11.0. The topological polar surface area (TPSA) is 73.8 Å². The van der Waals surface area contributed by atoms with Crippen molar-refractivity contribution in [2.45, 2.75) is 20.4 Å². The van der Waals surface area contributed by atoms with Gasteiger partial charge >= 0.3 is 5.69 Å². The fraction of sp³-hybridized carbons (Fsp3) is 0.333. The second-order valence-electron chi connectivity index (χ2n) is 3.31. The molecule has 0 radical (unpaired) electrons. The molecule has 0 saturated carbocycles. The van der Waals surface area contributed by atoms with Crippen LogP contribution in [0, 0.1) is 13.8 Å². The van der Waals surface area contributed by atoms with Crippen molar-refractivity contribution in [3.8, 4) is 0 Å². The first-order chi connectivity index (χ1) is 7.59. The average Bonchev–Trinajstić information content (AvgIpc) is 2.74. The number of aryl methyl sites for hydroxylation is 1. The molecule has 2 aromatic heterocycles. The molecule has 0 spiro atoms. The molecule has 84 valence electrons. The highest BCUT2D eigenvalue weighted by Crippen LogP contribution is 2.16. The molecule has 0 aliphatic rings. The molecule has 2 heterocycles. The summed E-state index contributed by atoms with van der Waals surface area (Å²) in [4.78, 5) is 19.4. The van der Waals surface area contributed by atoms with Crippen LogP contribution in [0.1, 0.15) is 17.2 Å². The van der Waals surface area contributed by atoms with E-state index in [1.165, 1.54) is 11.0 Å². The lowest BCUT2D eigenvalue weighted by Crippen LogP contribution is -2.27. The van der Waals surface area contributed by atoms with Crippen molar-refractivity contribution >= 4 is 15.9 Å². The third kappa shape index (κ3) is 1.90. The quantitative estimate of drug-likeness (QED) is 0.824. The summed E-state index contributed by atoms with van der Waals surface area (Å²) in [6.07, 6.45) is 1.23. The maximum Gasteiger partial charge on any atom is 0.348 e. The summed E-state index contributed by atoms with van der Waals surface area (Å²) in [5.41, 5.74) is 1.15. The molecular formula is C9H9BrN4O2. The Labute approximate surface area is 99.4 Å². The van der Waals surface area contributed by atoms with Gasteiger partial charge in [0.25, 0.3) is 0 Å². The number of halogens is 1. The first-order valence-electron chi connectivity index (χ1n) is 4.58. The van der Waals surface area contributed by atoms with Crippen molar-refractivity contribution in [1.29, 1.82) is 0 Å². The Hall–Kier alpha value is -1.50. The molecule has 0 aromatic carbocycles. The van der Waals surface area contributed by atoms with Crippen LogP contribution in [0.3, 0.4) is 0 Å². The van der Waals surface area contributed by atoms with E-state index in [0.29, 0.717) is 11.5 Å². The van der Waals surface area contributed by atoms with Crippen LogP contribution in [-0.4, -0.2) is 19.7 Å². The van der Waals surface area contributed by atoms with Crippen molar-refractivity contribution in [1.82, 2.24) is 19.7 Å². The maximum absolute atomic E-state index is 11.7. The maximum atomic E-state index is 11.7. The summed E-state index contributed by atoms with van der Waals surface area (Å²) < 4.78 is 6.92. The third-order valence-electron chi connectivity index (χ3n) is 2.24. The van der Waals surface area contributed by atoms with Gasteiger partial charge in [-0.3, -0.25) is 4.57 Å². The van der Waals surface area contributed by atoms with Crippen LogP contribution in [0.15, 0.2) is 20.2 Å². The summed E-state index contributed by atoms with van der Waals surface area (Å²) in [6, 6.07) is 0. The Morgan fingerprint density at radius 2 is 2.25 bits per heavy atom. The van der Waals surface area contributed by atoms with E-state index in [-0.39, 0.29) is 12.2 Å². The van der Waals surface area contributed by atoms with E-state index in [2.05, 4.69) is 35.6 Å². The van der Waals surface area contributed by atoms with Crippen LogP contribution in [0.4, 0.5) is 0 Å². The van der Waals surface area contributed by atoms with Crippen LogP contribution >= 0.6 is 15.9 Å². The van der Waals surface area contributed by atoms with E-state index < -0.39 is 0 Å². The lowest BCUT2D eigenvalue weighted by atomic mass is 10.3. The smallest absolute Gasteiger partial charge is 0.343 e. The third-order valence-corrected chi connectivity index (χ3v) is 3.39. The van der Waals surface area contributed by atoms with Crippen LogP contribution in [0.5, 0.6) is 0 Å². The molecule has 0 N–H and O–H groups in total. The van der Waals surface area contributed by atoms with Crippen molar-refractivity contribution in [3.05, 3.63) is 38.6 Å². The molecule has 0 atom stereocenters. The number of hydrogen-bond donors (Lipinski definition) is 0. The Balaban J connectivity index is 2.49. The Kier molecular flexibility index (Phi) is 2.86. The van der Waals surface area contributed by atoms with Crippen molar-refractivity contribution < 1.29 is 4.52 Å². The van der Waals surface area contributed by atoms with E-state index in [4.69, 9.17) is 0 Å². The van der Waals surface area contributed by atoms with Crippen LogP contribution in [-0.2, 0) is 6.54 Å². The molecular weight excluding hydrogens is 276 g/mol. The van der Waals surface area contributed by atoms with Crippen molar-refractivity contribution in [2.24, 2.45) is 0 Å². The SMILES string of the molecule is Cc1nc(=O)n(Cc2ncon2)c(C)c1Br. The molecule has 0 fully saturated rings. The van der Waals surface area contributed by atoms with E-state index >= 15 is 0 Å². The highest BCUT2D eigenvalue weighted by Gasteiger charge is 2.11. The Morgan fingerprint density at radius 3 is 2.88 bits per heavy atom. The fourth-order valence-corrected chi connectivity index (χ4v) is 1.67. The van der Waals surface area contributed by atoms with E-state index in [0.717, 1.165) is 10.2 Å². The first-order valence-corrected chi connectivity index (χ1v) is 5.37. The van der Waals surface area contributed by atoms with Gasteiger partial charge in [0, 0.05) is 5.69 Å². The van der Waals surface area contributed by atoms with Crippen molar-refractivity contribution in [3.63, 3.8) is 0 Å². The van der Waals surface area contributed by atoms with Gasteiger partial charge in [0.15, 0.2) is 5.82 Å². The fourth-order valence-electron chi connectivity index (χ4n) is 1.37. The van der Waals surface area contributed by atoms with E-state index in [9.17, 15) is 4.79 Å². The predicted molar refractivity (Wildman–Crippen MR) is 59.1 cm³/mol. The van der Waals surface area contributed by atoms with Gasteiger partial charge in [0.2, 0.25) is 6.39 Å². The Bertz CT molecular complexity index is 562. The summed E-state index contributed by atoms with van der Waals surface area (Å²) in [6.45, 7) is 3.87. The van der Waals surface area contributed by atoms with E-state index in [1.807, 2.05) is 6.92 Å². The van der Waals surface area contributed by atoms with E-state index in [1.54, 1.807) is 6.92 Å². The molecule has 0 aliphatic carbocycles. The second kappa shape index (κ2) is 4.17. The monoisotopic (exact) mass is 284 g/mol. The van der Waals surface area contributed by atoms with Gasteiger partial charge in [-0.1, -0.05) is 5.16 Å². The summed E-state index contributed by atoms with van der Waals surface area (Å²) in [5, 5.41) is 3.66. The molecule has 6 nitrogen and oxygen atoms in total. The minimum absolute atomic E-state index is 0.257. The largest absolute Gasteiger partial charge is 0.348 e. The molecule has 0 amide bonds. The molecule has 0 unspecified atom stereocenters. The molecule has 0 bridgehead atoms. The van der Waals surface area contributed by atoms with Gasteiger partial charge in [-0.2, -0.15) is 9.97 Å². The predicted octanol–water partition coefficient (Wildman–Crippen LogP) is 1.05. The zero-order valence-corrected chi connectivity index (χ0v) is 10.4. The van der Waals surface area contributed by atoms with Gasteiger partial charge in [0.1, 0.15) is 0 Å². The van der Waals surface area contributed by atoms with Crippen LogP contribution in [0.25, 0.3) is 0 Å². The Morgan fingerprint density at radius 1 is 1.50 bits per heavy atom. The van der Waals surface area contributed by atoms with Crippen LogP contribution < -0.4 is 5.69 Å². The normalized spacial score (nSPS) is 10.7.